The fourth-order valence-electron chi connectivity index (χ4n) is 3.59. The van der Waals surface area contributed by atoms with Gasteiger partial charge in [-0.2, -0.15) is 16.4 Å². The maximum Gasteiger partial charge on any atom is 0.0992 e. The zero-order valence-corrected chi connectivity index (χ0v) is 14.4. The molecule has 0 spiro atoms. The van der Waals surface area contributed by atoms with Crippen LogP contribution in [0.4, 0.5) is 0 Å². The average Bonchev–Trinajstić information content (AvgIpc) is 3.32. The Morgan fingerprint density at radius 2 is 2.13 bits per heavy atom. The molecule has 3 aromatic rings. The summed E-state index contributed by atoms with van der Waals surface area (Å²) >= 11 is 1.74. The molecule has 2 aromatic heterocycles. The molecule has 4 rings (SSSR count). The molecular weight excluding hydrogens is 302 g/mol. The Hall–Kier alpha value is -1.65. The molecule has 0 amide bonds. The van der Waals surface area contributed by atoms with Gasteiger partial charge in [-0.25, -0.2) is 4.68 Å². The van der Waals surface area contributed by atoms with Crippen LogP contribution in [0.15, 0.2) is 41.2 Å². The zero-order valence-electron chi connectivity index (χ0n) is 13.5. The van der Waals surface area contributed by atoms with Crippen LogP contribution in [0.1, 0.15) is 38.8 Å². The molecule has 1 fully saturated rings. The molecule has 1 aliphatic carbocycles. The van der Waals surface area contributed by atoms with E-state index in [0.717, 1.165) is 12.5 Å². The Kier molecular flexibility index (Phi) is 4.19. The molecule has 1 unspecified atom stereocenters. The van der Waals surface area contributed by atoms with Gasteiger partial charge in [0.15, 0.2) is 0 Å². The lowest BCUT2D eigenvalue weighted by atomic mass is 10.1. The summed E-state index contributed by atoms with van der Waals surface area (Å²) in [5.74, 6) is 0.848. The van der Waals surface area contributed by atoms with Gasteiger partial charge in [-0.3, -0.25) is 5.32 Å². The second-order valence-corrected chi connectivity index (χ2v) is 7.39. The summed E-state index contributed by atoms with van der Waals surface area (Å²) < 4.78 is 2.13. The van der Waals surface area contributed by atoms with Crippen LogP contribution in [0.25, 0.3) is 22.0 Å². The van der Waals surface area contributed by atoms with Gasteiger partial charge in [0.05, 0.1) is 17.9 Å². The minimum Gasteiger partial charge on any atom is -0.296 e. The van der Waals surface area contributed by atoms with E-state index in [2.05, 4.69) is 57.0 Å². The minimum atomic E-state index is 0.228. The lowest BCUT2D eigenvalue weighted by Gasteiger charge is -2.18. The third-order valence-corrected chi connectivity index (χ3v) is 5.68. The molecule has 0 radical (unpaired) electrons. The second-order valence-electron chi connectivity index (χ2n) is 6.61. The first-order valence-electron chi connectivity index (χ1n) is 8.54. The molecule has 1 saturated carbocycles. The molecule has 2 heterocycles. The number of hydrogen-bond donors (Lipinski definition) is 1. The van der Waals surface area contributed by atoms with E-state index in [1.807, 2.05) is 6.20 Å². The van der Waals surface area contributed by atoms with Crippen LogP contribution in [0, 0.1) is 5.92 Å². The maximum atomic E-state index is 4.62. The summed E-state index contributed by atoms with van der Waals surface area (Å²) in [6.45, 7) is 3.31. The molecule has 0 bridgehead atoms. The van der Waals surface area contributed by atoms with E-state index in [4.69, 9.17) is 0 Å². The van der Waals surface area contributed by atoms with E-state index in [9.17, 15) is 0 Å². The van der Waals surface area contributed by atoms with Gasteiger partial charge in [0.1, 0.15) is 0 Å². The van der Waals surface area contributed by atoms with E-state index in [1.165, 1.54) is 47.7 Å². The Bertz CT molecular complexity index is 769. The molecule has 23 heavy (non-hydrogen) atoms. The van der Waals surface area contributed by atoms with Crippen molar-refractivity contribution < 1.29 is 0 Å². The number of fused-ring (bicyclic) bond motifs is 1. The largest absolute Gasteiger partial charge is 0.296 e. The average molecular weight is 325 g/mol. The predicted molar refractivity (Wildman–Crippen MR) is 97.7 cm³/mol. The highest BCUT2D eigenvalue weighted by Crippen LogP contribution is 2.28. The van der Waals surface area contributed by atoms with E-state index in [0.29, 0.717) is 0 Å². The monoisotopic (exact) mass is 325 g/mol. The topological polar surface area (TPSA) is 29.9 Å². The summed E-state index contributed by atoms with van der Waals surface area (Å²) in [7, 11) is 0. The second kappa shape index (κ2) is 6.46. The third-order valence-electron chi connectivity index (χ3n) is 5.00. The van der Waals surface area contributed by atoms with Gasteiger partial charge in [0.2, 0.25) is 0 Å². The lowest BCUT2D eigenvalue weighted by molar-refractivity contribution is 0.369. The van der Waals surface area contributed by atoms with Gasteiger partial charge in [0.25, 0.3) is 0 Å². The highest BCUT2D eigenvalue weighted by molar-refractivity contribution is 7.08. The Labute approximate surface area is 141 Å². The highest BCUT2D eigenvalue weighted by atomic mass is 32.1. The van der Waals surface area contributed by atoms with E-state index in [-0.39, 0.29) is 6.17 Å². The zero-order chi connectivity index (χ0) is 15.6. The van der Waals surface area contributed by atoms with Gasteiger partial charge in [-0.05, 0) is 66.2 Å². The first kappa shape index (κ1) is 14.9. The number of nitrogens with zero attached hydrogens (tertiary/aromatic N) is 2. The number of rotatable bonds is 5. The molecule has 1 aliphatic rings. The van der Waals surface area contributed by atoms with Gasteiger partial charge in [0, 0.05) is 5.39 Å². The van der Waals surface area contributed by atoms with Crippen molar-refractivity contribution in [1.82, 2.24) is 15.1 Å². The van der Waals surface area contributed by atoms with Crippen LogP contribution in [-0.4, -0.2) is 16.3 Å². The molecule has 120 valence electrons. The molecule has 0 saturated heterocycles. The Balaban J connectivity index is 1.57. The van der Waals surface area contributed by atoms with Crippen molar-refractivity contribution in [2.45, 2.75) is 38.8 Å². The number of nitrogens with one attached hydrogen (secondary N) is 1. The molecule has 3 nitrogen and oxygen atoms in total. The van der Waals surface area contributed by atoms with Crippen LogP contribution in [0.2, 0.25) is 0 Å². The molecule has 1 atom stereocenters. The molecule has 4 heteroatoms. The Morgan fingerprint density at radius 3 is 2.91 bits per heavy atom. The van der Waals surface area contributed by atoms with Crippen LogP contribution < -0.4 is 5.32 Å². The van der Waals surface area contributed by atoms with Crippen molar-refractivity contribution in [3.8, 4) is 11.1 Å². The summed E-state index contributed by atoms with van der Waals surface area (Å²) in [4.78, 5) is 0. The number of benzene rings is 1. The third kappa shape index (κ3) is 3.06. The van der Waals surface area contributed by atoms with Crippen molar-refractivity contribution in [1.29, 1.82) is 0 Å². The highest BCUT2D eigenvalue weighted by Gasteiger charge is 2.17. The molecule has 0 aliphatic heterocycles. The van der Waals surface area contributed by atoms with Crippen molar-refractivity contribution in [3.63, 3.8) is 0 Å². The maximum absolute atomic E-state index is 4.62. The van der Waals surface area contributed by atoms with Crippen LogP contribution in [0.5, 0.6) is 0 Å². The summed E-state index contributed by atoms with van der Waals surface area (Å²) in [5.41, 5.74) is 3.76. The van der Waals surface area contributed by atoms with Crippen molar-refractivity contribution >= 4 is 22.2 Å². The molecular formula is C19H23N3S. The summed E-state index contributed by atoms with van der Waals surface area (Å²) in [5, 5.41) is 13.8. The predicted octanol–water partition coefficient (Wildman–Crippen LogP) is 5.06. The number of thiophene rings is 1. The Morgan fingerprint density at radius 1 is 1.26 bits per heavy atom. The number of aromatic nitrogens is 2. The minimum absolute atomic E-state index is 0.228. The quantitative estimate of drug-likeness (QED) is 0.710. The van der Waals surface area contributed by atoms with E-state index >= 15 is 0 Å². The van der Waals surface area contributed by atoms with E-state index in [1.54, 1.807) is 11.3 Å². The van der Waals surface area contributed by atoms with Gasteiger partial charge < -0.3 is 0 Å². The van der Waals surface area contributed by atoms with E-state index < -0.39 is 0 Å². The summed E-state index contributed by atoms with van der Waals surface area (Å²) in [6.07, 6.45) is 7.75. The fraction of sp³-hybridized carbons (Fsp3) is 0.421. The molecule has 1 aromatic carbocycles. The first-order chi connectivity index (χ1) is 11.3. The van der Waals surface area contributed by atoms with Gasteiger partial charge in [-0.15, -0.1) is 0 Å². The first-order valence-corrected chi connectivity index (χ1v) is 9.49. The van der Waals surface area contributed by atoms with Gasteiger partial charge >= 0.3 is 0 Å². The summed E-state index contributed by atoms with van der Waals surface area (Å²) in [6, 6.07) is 8.80. The standard InChI is InChI=1S/C19H23N3S/c1-14(20-11-15-4-2-3-5-15)22-19-10-16(18-8-9-23-13-18)6-7-17(19)12-21-22/h6-10,12-15,20H,2-5,11H2,1H3. The molecule has 1 N–H and O–H groups in total. The van der Waals surface area contributed by atoms with Crippen molar-refractivity contribution in [2.24, 2.45) is 5.92 Å². The lowest BCUT2D eigenvalue weighted by Crippen LogP contribution is -2.29. The number of hydrogen-bond acceptors (Lipinski definition) is 3. The SMILES string of the molecule is CC(NCC1CCCC1)n1ncc2ccc(-c3ccsc3)cc21. The van der Waals surface area contributed by atoms with Gasteiger partial charge in [-0.1, -0.05) is 25.0 Å². The van der Waals surface area contributed by atoms with Crippen LogP contribution >= 0.6 is 11.3 Å². The van der Waals surface area contributed by atoms with Crippen molar-refractivity contribution in [3.05, 3.63) is 41.2 Å². The van der Waals surface area contributed by atoms with Crippen LogP contribution in [0.3, 0.4) is 0 Å². The van der Waals surface area contributed by atoms with Crippen LogP contribution in [-0.2, 0) is 0 Å². The fourth-order valence-corrected chi connectivity index (χ4v) is 4.26. The van der Waals surface area contributed by atoms with Crippen molar-refractivity contribution in [2.75, 3.05) is 6.54 Å². The smallest absolute Gasteiger partial charge is 0.0992 e. The normalized spacial score (nSPS) is 17.1.